The smallest absolute Gasteiger partial charge is 0.237 e. The Kier molecular flexibility index (Phi) is 3.95. The Morgan fingerprint density at radius 3 is 2.67 bits per heavy atom. The van der Waals surface area contributed by atoms with Crippen molar-refractivity contribution in [1.29, 1.82) is 0 Å². The number of allylic oxidation sites excluding steroid dienone is 2. The summed E-state index contributed by atoms with van der Waals surface area (Å²) < 4.78 is 2.12. The molecule has 3 aromatic rings. The Labute approximate surface area is 141 Å². The van der Waals surface area contributed by atoms with Gasteiger partial charge >= 0.3 is 0 Å². The van der Waals surface area contributed by atoms with Crippen LogP contribution < -0.4 is 0 Å². The molecule has 4 nitrogen and oxygen atoms in total. The molecule has 0 spiro atoms. The Morgan fingerprint density at radius 1 is 1.04 bits per heavy atom. The minimum Gasteiger partial charge on any atom is -0.278 e. The molecule has 24 heavy (non-hydrogen) atoms. The van der Waals surface area contributed by atoms with Crippen LogP contribution in [-0.2, 0) is 0 Å². The van der Waals surface area contributed by atoms with Crippen molar-refractivity contribution < 1.29 is 0 Å². The number of benzene rings is 1. The van der Waals surface area contributed by atoms with Gasteiger partial charge in [-0.25, -0.2) is 15.0 Å². The highest BCUT2D eigenvalue weighted by molar-refractivity contribution is 5.95. The summed E-state index contributed by atoms with van der Waals surface area (Å²) in [4.78, 5) is 12.7. The molecular weight excluding hydrogens is 296 g/mol. The summed E-state index contributed by atoms with van der Waals surface area (Å²) in [6, 6.07) is 8.41. The number of para-hydroxylation sites is 1. The van der Waals surface area contributed by atoms with E-state index >= 15 is 0 Å². The number of fused-ring (bicyclic) bond motifs is 3. The molecule has 0 N–H and O–H groups in total. The van der Waals surface area contributed by atoms with Gasteiger partial charge in [0.2, 0.25) is 5.95 Å². The Bertz CT molecular complexity index is 906. The highest BCUT2D eigenvalue weighted by Crippen LogP contribution is 2.33. The van der Waals surface area contributed by atoms with Gasteiger partial charge in [-0.1, -0.05) is 56.2 Å². The van der Waals surface area contributed by atoms with Crippen molar-refractivity contribution in [2.24, 2.45) is 5.92 Å². The van der Waals surface area contributed by atoms with E-state index in [1.807, 2.05) is 0 Å². The summed E-state index contributed by atoms with van der Waals surface area (Å²) in [7, 11) is 0. The molecule has 4 heteroatoms. The van der Waals surface area contributed by atoms with Gasteiger partial charge in [0.25, 0.3) is 0 Å². The maximum absolute atomic E-state index is 4.36. The standard InChI is InChI=1S/C20H20N4/c1-2-3-6-15-9-11-17-16-7-4-5-8-18(16)24(19(17)12-10-15)20-22-13-21-14-23-20/h4-5,7-15H,2-3,6H2,1H3. The molecule has 1 atom stereocenters. The number of aromatic nitrogens is 4. The quantitative estimate of drug-likeness (QED) is 0.703. The molecule has 0 radical (unpaired) electrons. The minimum atomic E-state index is 0.489. The summed E-state index contributed by atoms with van der Waals surface area (Å²) >= 11 is 0. The van der Waals surface area contributed by atoms with E-state index in [4.69, 9.17) is 0 Å². The molecule has 1 aromatic carbocycles. The topological polar surface area (TPSA) is 43.6 Å². The second-order valence-electron chi connectivity index (χ2n) is 6.11. The lowest BCUT2D eigenvalue weighted by Gasteiger charge is -2.07. The maximum Gasteiger partial charge on any atom is 0.237 e. The molecule has 120 valence electrons. The molecule has 1 aliphatic carbocycles. The predicted octanol–water partition coefficient (Wildman–Crippen LogP) is 4.66. The SMILES string of the molecule is CCCCC1C=Cc2c(n(-c3ncncn3)c3ccccc23)C=C1. The Balaban J connectivity index is 1.90. The van der Waals surface area contributed by atoms with Crippen molar-refractivity contribution in [3.63, 3.8) is 0 Å². The van der Waals surface area contributed by atoms with Crippen molar-refractivity contribution in [1.82, 2.24) is 19.5 Å². The first-order valence-electron chi connectivity index (χ1n) is 8.50. The van der Waals surface area contributed by atoms with E-state index in [-0.39, 0.29) is 0 Å². The van der Waals surface area contributed by atoms with Gasteiger partial charge in [-0.2, -0.15) is 0 Å². The lowest BCUT2D eigenvalue weighted by molar-refractivity contribution is 0.646. The lowest BCUT2D eigenvalue weighted by Crippen LogP contribution is -2.03. The van der Waals surface area contributed by atoms with Gasteiger partial charge in [-0.05, 0) is 24.5 Å². The third kappa shape index (κ3) is 2.54. The van der Waals surface area contributed by atoms with Gasteiger partial charge in [0.05, 0.1) is 11.2 Å². The second kappa shape index (κ2) is 6.40. The van der Waals surface area contributed by atoms with E-state index in [9.17, 15) is 0 Å². The van der Waals surface area contributed by atoms with E-state index in [2.05, 4.69) is 75.0 Å². The van der Waals surface area contributed by atoms with Crippen molar-refractivity contribution in [2.45, 2.75) is 26.2 Å². The van der Waals surface area contributed by atoms with E-state index < -0.39 is 0 Å². The van der Waals surface area contributed by atoms with Crippen molar-refractivity contribution in [3.8, 4) is 5.95 Å². The first-order chi connectivity index (χ1) is 11.9. The summed E-state index contributed by atoms with van der Waals surface area (Å²) in [5, 5.41) is 1.23. The molecule has 0 amide bonds. The van der Waals surface area contributed by atoms with Crippen molar-refractivity contribution >= 4 is 23.1 Å². The van der Waals surface area contributed by atoms with E-state index in [1.54, 1.807) is 12.7 Å². The van der Waals surface area contributed by atoms with Crippen LogP contribution in [0.1, 0.15) is 37.4 Å². The van der Waals surface area contributed by atoms with Crippen LogP contribution in [0.4, 0.5) is 0 Å². The molecule has 2 aromatic heterocycles. The minimum absolute atomic E-state index is 0.489. The number of nitrogens with zero attached hydrogens (tertiary/aromatic N) is 4. The summed E-state index contributed by atoms with van der Waals surface area (Å²) in [5.41, 5.74) is 3.49. The molecule has 2 heterocycles. The van der Waals surface area contributed by atoms with E-state index in [0.29, 0.717) is 11.9 Å². The van der Waals surface area contributed by atoms with Gasteiger partial charge in [-0.3, -0.25) is 4.57 Å². The largest absolute Gasteiger partial charge is 0.278 e. The molecular formula is C20H20N4. The third-order valence-corrected chi connectivity index (χ3v) is 4.53. The summed E-state index contributed by atoms with van der Waals surface area (Å²) in [6.07, 6.45) is 15.9. The zero-order valence-corrected chi connectivity index (χ0v) is 13.8. The first-order valence-corrected chi connectivity index (χ1v) is 8.50. The van der Waals surface area contributed by atoms with Gasteiger partial charge < -0.3 is 0 Å². The van der Waals surface area contributed by atoms with Crippen LogP contribution in [0.2, 0.25) is 0 Å². The number of hydrogen-bond acceptors (Lipinski definition) is 3. The fraction of sp³-hybridized carbons (Fsp3) is 0.250. The van der Waals surface area contributed by atoms with Gasteiger partial charge in [0.1, 0.15) is 12.7 Å². The third-order valence-electron chi connectivity index (χ3n) is 4.53. The monoisotopic (exact) mass is 316 g/mol. The fourth-order valence-electron chi connectivity index (χ4n) is 3.32. The molecule has 1 unspecified atom stereocenters. The normalized spacial score (nSPS) is 16.3. The van der Waals surface area contributed by atoms with Gasteiger partial charge in [0.15, 0.2) is 0 Å². The lowest BCUT2D eigenvalue weighted by atomic mass is 10.0. The van der Waals surface area contributed by atoms with Crippen LogP contribution in [-0.4, -0.2) is 19.5 Å². The summed E-state index contributed by atoms with van der Waals surface area (Å²) in [6.45, 7) is 2.24. The fourth-order valence-corrected chi connectivity index (χ4v) is 3.32. The van der Waals surface area contributed by atoms with Crippen LogP contribution in [0.25, 0.3) is 29.0 Å². The van der Waals surface area contributed by atoms with Crippen molar-refractivity contribution in [2.75, 3.05) is 0 Å². The van der Waals surface area contributed by atoms with Gasteiger partial charge in [0, 0.05) is 10.9 Å². The molecule has 0 fully saturated rings. The van der Waals surface area contributed by atoms with Gasteiger partial charge in [-0.15, -0.1) is 0 Å². The van der Waals surface area contributed by atoms with Crippen molar-refractivity contribution in [3.05, 3.63) is 60.3 Å². The molecule has 0 saturated carbocycles. The molecule has 1 aliphatic rings. The average molecular weight is 316 g/mol. The zero-order chi connectivity index (χ0) is 16.4. The molecule has 4 rings (SSSR count). The maximum atomic E-state index is 4.36. The van der Waals surface area contributed by atoms with Crippen LogP contribution in [0.15, 0.2) is 49.1 Å². The summed E-state index contributed by atoms with van der Waals surface area (Å²) in [5.74, 6) is 1.15. The Hall–Kier alpha value is -2.75. The average Bonchev–Trinajstić information content (AvgIpc) is 2.80. The van der Waals surface area contributed by atoms with E-state index in [1.165, 1.54) is 30.2 Å². The first kappa shape index (κ1) is 14.8. The molecule has 0 saturated heterocycles. The Morgan fingerprint density at radius 2 is 1.83 bits per heavy atom. The predicted molar refractivity (Wildman–Crippen MR) is 97.7 cm³/mol. The van der Waals surface area contributed by atoms with E-state index in [0.717, 1.165) is 11.2 Å². The number of rotatable bonds is 4. The highest BCUT2D eigenvalue weighted by Gasteiger charge is 2.18. The number of hydrogen-bond donors (Lipinski definition) is 0. The van der Waals surface area contributed by atoms with Crippen LogP contribution in [0.5, 0.6) is 0 Å². The molecule has 0 aliphatic heterocycles. The van der Waals surface area contributed by atoms with Crippen LogP contribution in [0, 0.1) is 5.92 Å². The number of unbranched alkanes of at least 4 members (excludes halogenated alkanes) is 1. The van der Waals surface area contributed by atoms with Crippen LogP contribution in [0.3, 0.4) is 0 Å². The zero-order valence-electron chi connectivity index (χ0n) is 13.8. The highest BCUT2D eigenvalue weighted by atomic mass is 15.2. The van der Waals surface area contributed by atoms with Crippen LogP contribution >= 0.6 is 0 Å². The second-order valence-corrected chi connectivity index (χ2v) is 6.11. The molecule has 0 bridgehead atoms.